The van der Waals surface area contributed by atoms with Gasteiger partial charge in [0, 0.05) is 19.3 Å². The van der Waals surface area contributed by atoms with Crippen LogP contribution in [0.15, 0.2) is 42.6 Å². The Kier molecular flexibility index (Phi) is 5.92. The van der Waals surface area contributed by atoms with Gasteiger partial charge in [0.2, 0.25) is 0 Å². The van der Waals surface area contributed by atoms with Crippen LogP contribution < -0.4 is 5.32 Å². The molecule has 7 heteroatoms. The summed E-state index contributed by atoms with van der Waals surface area (Å²) in [6, 6.07) is 9.38. The molecule has 0 radical (unpaired) electrons. The van der Waals surface area contributed by atoms with E-state index in [1.165, 1.54) is 0 Å². The number of halogens is 3. The number of pyridine rings is 1. The first kappa shape index (κ1) is 17.9. The molecule has 0 aliphatic carbocycles. The van der Waals surface area contributed by atoms with Crippen molar-refractivity contribution in [2.75, 3.05) is 6.61 Å². The normalized spacial score (nSPS) is 11.3. The van der Waals surface area contributed by atoms with Crippen LogP contribution in [0.3, 0.4) is 0 Å². The minimum absolute atomic E-state index is 0.0743. The number of alkyl halides is 3. The number of carbonyl (C=O) groups excluding carboxylic acids is 1. The topological polar surface area (TPSA) is 51.2 Å². The van der Waals surface area contributed by atoms with Crippen molar-refractivity contribution in [3.8, 4) is 0 Å². The van der Waals surface area contributed by atoms with Crippen LogP contribution in [-0.2, 0) is 24.1 Å². The molecule has 1 aromatic heterocycles. The number of amides is 1. The highest BCUT2D eigenvalue weighted by Crippen LogP contribution is 2.27. The fourth-order valence-corrected chi connectivity index (χ4v) is 2.06. The number of nitrogens with one attached hydrogen (secondary N) is 1. The van der Waals surface area contributed by atoms with Crippen molar-refractivity contribution in [2.45, 2.75) is 26.3 Å². The largest absolute Gasteiger partial charge is 0.433 e. The average molecular weight is 338 g/mol. The zero-order valence-corrected chi connectivity index (χ0v) is 13.1. The maximum absolute atomic E-state index is 12.5. The van der Waals surface area contributed by atoms with E-state index in [0.717, 1.165) is 29.5 Å². The molecule has 0 aliphatic heterocycles. The molecule has 24 heavy (non-hydrogen) atoms. The molecule has 2 rings (SSSR count). The summed E-state index contributed by atoms with van der Waals surface area (Å²) >= 11 is 0. The molecule has 0 saturated carbocycles. The molecule has 0 unspecified atom stereocenters. The summed E-state index contributed by atoms with van der Waals surface area (Å²) in [5, 5.41) is 2.67. The molecule has 0 bridgehead atoms. The Bertz CT molecular complexity index is 685. The lowest BCUT2D eigenvalue weighted by Gasteiger charge is -2.11. The highest BCUT2D eigenvalue weighted by atomic mass is 19.4. The number of carbonyl (C=O) groups is 1. The Morgan fingerprint density at radius 3 is 2.46 bits per heavy atom. The Labute approximate surface area is 137 Å². The number of hydrogen-bond donors (Lipinski definition) is 1. The molecule has 4 nitrogen and oxygen atoms in total. The Morgan fingerprint density at radius 2 is 1.88 bits per heavy atom. The summed E-state index contributed by atoms with van der Waals surface area (Å²) in [6.45, 7) is 3.16. The second kappa shape index (κ2) is 7.92. The standard InChI is InChI=1S/C17H17F3N2O2/c1-2-24-11-14-6-4-3-5-12(14)9-22-16(23)13-7-8-15(21-10-13)17(18,19)20/h3-8,10H,2,9,11H2,1H3,(H,22,23). The second-order valence-corrected chi connectivity index (χ2v) is 5.02. The lowest BCUT2D eigenvalue weighted by atomic mass is 10.1. The predicted octanol–water partition coefficient (Wildman–Crippen LogP) is 3.57. The molecule has 1 N–H and O–H groups in total. The van der Waals surface area contributed by atoms with Gasteiger partial charge in [0.05, 0.1) is 12.2 Å². The van der Waals surface area contributed by atoms with Crippen LogP contribution in [0.5, 0.6) is 0 Å². The third kappa shape index (κ3) is 4.79. The van der Waals surface area contributed by atoms with Gasteiger partial charge in [0.1, 0.15) is 5.69 Å². The van der Waals surface area contributed by atoms with Crippen molar-refractivity contribution in [3.63, 3.8) is 0 Å². The minimum atomic E-state index is -4.52. The van der Waals surface area contributed by atoms with Gasteiger partial charge in [0.25, 0.3) is 5.91 Å². The van der Waals surface area contributed by atoms with Crippen molar-refractivity contribution in [3.05, 3.63) is 65.0 Å². The molecule has 1 amide bonds. The quantitative estimate of drug-likeness (QED) is 0.876. The van der Waals surface area contributed by atoms with Gasteiger partial charge in [-0.25, -0.2) is 0 Å². The summed E-state index contributed by atoms with van der Waals surface area (Å²) in [4.78, 5) is 15.3. The van der Waals surface area contributed by atoms with Crippen LogP contribution in [0, 0.1) is 0 Å². The summed E-state index contributed by atoms with van der Waals surface area (Å²) in [7, 11) is 0. The van der Waals surface area contributed by atoms with Crippen LogP contribution in [-0.4, -0.2) is 17.5 Å². The van der Waals surface area contributed by atoms with Gasteiger partial charge in [0.15, 0.2) is 0 Å². The number of hydrogen-bond acceptors (Lipinski definition) is 3. The first-order valence-corrected chi connectivity index (χ1v) is 7.37. The van der Waals surface area contributed by atoms with Crippen molar-refractivity contribution >= 4 is 5.91 Å². The van der Waals surface area contributed by atoms with E-state index in [0.29, 0.717) is 13.2 Å². The zero-order chi connectivity index (χ0) is 17.6. The fraction of sp³-hybridized carbons (Fsp3) is 0.294. The summed E-state index contributed by atoms with van der Waals surface area (Å²) < 4.78 is 42.8. The first-order valence-electron chi connectivity index (χ1n) is 7.37. The number of aromatic nitrogens is 1. The van der Waals surface area contributed by atoms with E-state index in [9.17, 15) is 18.0 Å². The average Bonchev–Trinajstić information content (AvgIpc) is 2.58. The Morgan fingerprint density at radius 1 is 1.17 bits per heavy atom. The maximum atomic E-state index is 12.5. The van der Waals surface area contributed by atoms with Gasteiger partial charge < -0.3 is 10.1 Å². The Balaban J connectivity index is 2.01. The highest BCUT2D eigenvalue weighted by Gasteiger charge is 2.32. The third-order valence-electron chi connectivity index (χ3n) is 3.34. The lowest BCUT2D eigenvalue weighted by Crippen LogP contribution is -2.24. The van der Waals surface area contributed by atoms with Gasteiger partial charge in [-0.05, 0) is 30.2 Å². The minimum Gasteiger partial charge on any atom is -0.377 e. The van der Waals surface area contributed by atoms with E-state index in [4.69, 9.17) is 4.74 Å². The molecule has 128 valence electrons. The highest BCUT2D eigenvalue weighted by molar-refractivity contribution is 5.93. The van der Waals surface area contributed by atoms with Gasteiger partial charge in [-0.2, -0.15) is 13.2 Å². The zero-order valence-electron chi connectivity index (χ0n) is 13.1. The lowest BCUT2D eigenvalue weighted by molar-refractivity contribution is -0.141. The van der Waals surface area contributed by atoms with E-state index in [2.05, 4.69) is 10.3 Å². The van der Waals surface area contributed by atoms with Gasteiger partial charge in [-0.1, -0.05) is 24.3 Å². The number of nitrogens with zero attached hydrogens (tertiary/aromatic N) is 1. The van der Waals surface area contributed by atoms with Crippen molar-refractivity contribution < 1.29 is 22.7 Å². The van der Waals surface area contributed by atoms with Gasteiger partial charge in [-0.3, -0.25) is 9.78 Å². The molecule has 0 aliphatic rings. The van der Waals surface area contributed by atoms with Crippen LogP contribution in [0.4, 0.5) is 13.2 Å². The van der Waals surface area contributed by atoms with Crippen molar-refractivity contribution in [1.29, 1.82) is 0 Å². The summed E-state index contributed by atoms with van der Waals surface area (Å²) in [5.74, 6) is -0.484. The van der Waals surface area contributed by atoms with Crippen LogP contribution >= 0.6 is 0 Å². The molecule has 0 saturated heterocycles. The van der Waals surface area contributed by atoms with E-state index >= 15 is 0 Å². The summed E-state index contributed by atoms with van der Waals surface area (Å²) in [5.41, 5.74) is 0.885. The Hall–Kier alpha value is -2.41. The van der Waals surface area contributed by atoms with Crippen molar-refractivity contribution in [2.24, 2.45) is 0 Å². The number of rotatable bonds is 6. The van der Waals surface area contributed by atoms with Crippen LogP contribution in [0.2, 0.25) is 0 Å². The van der Waals surface area contributed by atoms with E-state index in [-0.39, 0.29) is 12.1 Å². The fourth-order valence-electron chi connectivity index (χ4n) is 2.06. The number of ether oxygens (including phenoxy) is 1. The molecule has 0 atom stereocenters. The third-order valence-corrected chi connectivity index (χ3v) is 3.34. The van der Waals surface area contributed by atoms with Crippen LogP contribution in [0.1, 0.15) is 34.1 Å². The molecule has 2 aromatic rings. The second-order valence-electron chi connectivity index (χ2n) is 5.02. The molecular formula is C17H17F3N2O2. The van der Waals surface area contributed by atoms with Gasteiger partial charge in [-0.15, -0.1) is 0 Å². The molecule has 0 fully saturated rings. The summed E-state index contributed by atoms with van der Waals surface area (Å²) in [6.07, 6.45) is -3.60. The van der Waals surface area contributed by atoms with E-state index in [1.807, 2.05) is 31.2 Å². The van der Waals surface area contributed by atoms with Gasteiger partial charge >= 0.3 is 6.18 Å². The van der Waals surface area contributed by atoms with Crippen molar-refractivity contribution in [1.82, 2.24) is 10.3 Å². The molecule has 1 aromatic carbocycles. The molecule has 0 spiro atoms. The van der Waals surface area contributed by atoms with Crippen LogP contribution in [0.25, 0.3) is 0 Å². The van der Waals surface area contributed by atoms with E-state index < -0.39 is 17.8 Å². The SMILES string of the molecule is CCOCc1ccccc1CNC(=O)c1ccc(C(F)(F)F)nc1. The number of benzene rings is 1. The smallest absolute Gasteiger partial charge is 0.377 e. The predicted molar refractivity (Wildman–Crippen MR) is 82.2 cm³/mol. The first-order chi connectivity index (χ1) is 11.4. The maximum Gasteiger partial charge on any atom is 0.433 e. The monoisotopic (exact) mass is 338 g/mol. The molecular weight excluding hydrogens is 321 g/mol. The van der Waals surface area contributed by atoms with E-state index in [1.54, 1.807) is 0 Å². The molecule has 1 heterocycles.